The summed E-state index contributed by atoms with van der Waals surface area (Å²) in [5.74, 6) is 0.207. The maximum absolute atomic E-state index is 12.2. The number of hydrogen-bond acceptors (Lipinski definition) is 3. The minimum atomic E-state index is -0.733. The monoisotopic (exact) mass is 273 g/mol. The first-order valence-electron chi connectivity index (χ1n) is 6.83. The Labute approximate surface area is 118 Å². The second kappa shape index (κ2) is 5.86. The van der Waals surface area contributed by atoms with Crippen molar-refractivity contribution in [2.75, 3.05) is 0 Å². The van der Waals surface area contributed by atoms with Crippen LogP contribution in [0.4, 0.5) is 4.79 Å². The van der Waals surface area contributed by atoms with Gasteiger partial charge in [-0.05, 0) is 18.4 Å². The summed E-state index contributed by atoms with van der Waals surface area (Å²) in [6.45, 7) is 4.31. The number of amidine groups is 1. The van der Waals surface area contributed by atoms with E-state index in [2.05, 4.69) is 15.6 Å². The normalized spacial score (nSPS) is 19.6. The van der Waals surface area contributed by atoms with Gasteiger partial charge in [0, 0.05) is 0 Å². The van der Waals surface area contributed by atoms with E-state index in [1.807, 2.05) is 44.2 Å². The van der Waals surface area contributed by atoms with Gasteiger partial charge >= 0.3 is 6.03 Å². The highest BCUT2D eigenvalue weighted by Crippen LogP contribution is 2.30. The number of carbonyl (C=O) groups excluding carboxylic acids is 2. The second-order valence-electron chi connectivity index (χ2n) is 4.85. The fourth-order valence-electron chi connectivity index (χ4n) is 2.44. The van der Waals surface area contributed by atoms with Crippen molar-refractivity contribution in [3.8, 4) is 0 Å². The summed E-state index contributed by atoms with van der Waals surface area (Å²) >= 11 is 0. The van der Waals surface area contributed by atoms with Gasteiger partial charge in [0.25, 0.3) is 0 Å². The molecule has 2 N–H and O–H groups in total. The molecule has 1 aromatic rings. The third-order valence-corrected chi connectivity index (χ3v) is 3.82. The molecule has 0 atom stereocenters. The summed E-state index contributed by atoms with van der Waals surface area (Å²) in [4.78, 5) is 28.1. The molecule has 5 heteroatoms. The number of imide groups is 1. The molecule has 3 amide bonds. The molecule has 1 heterocycles. The second-order valence-corrected chi connectivity index (χ2v) is 4.85. The van der Waals surface area contributed by atoms with Gasteiger partial charge in [0.2, 0.25) is 5.91 Å². The van der Waals surface area contributed by atoms with Gasteiger partial charge < -0.3 is 0 Å². The highest BCUT2D eigenvalue weighted by molar-refractivity contribution is 6.20. The van der Waals surface area contributed by atoms with Crippen molar-refractivity contribution in [1.82, 2.24) is 10.6 Å². The van der Waals surface area contributed by atoms with Crippen LogP contribution < -0.4 is 10.6 Å². The van der Waals surface area contributed by atoms with Crippen molar-refractivity contribution < 1.29 is 9.59 Å². The standard InChI is InChI=1S/C15H19N3O2/c1-3-15(4-2)12(17-14(20)18-13(15)19)16-10-11-8-6-5-7-9-11/h5-9H,3-4,10H2,1-2H3,(H2,16,17,18,19,20). The van der Waals surface area contributed by atoms with Crippen molar-refractivity contribution in [1.29, 1.82) is 0 Å². The summed E-state index contributed by atoms with van der Waals surface area (Å²) in [6.07, 6.45) is 1.20. The van der Waals surface area contributed by atoms with Gasteiger partial charge in [-0.1, -0.05) is 44.2 Å². The van der Waals surface area contributed by atoms with Crippen LogP contribution in [0.15, 0.2) is 35.3 Å². The molecule has 0 aliphatic carbocycles. The van der Waals surface area contributed by atoms with Crippen LogP contribution in [0.25, 0.3) is 0 Å². The maximum atomic E-state index is 12.2. The van der Waals surface area contributed by atoms with Crippen LogP contribution in [-0.2, 0) is 11.3 Å². The SMILES string of the molecule is CCC1(CC)C(=O)NC(=O)NC1=NCc1ccccc1. The van der Waals surface area contributed by atoms with Gasteiger partial charge in [-0.25, -0.2) is 4.79 Å². The molecule has 106 valence electrons. The minimum Gasteiger partial charge on any atom is -0.295 e. The van der Waals surface area contributed by atoms with E-state index in [9.17, 15) is 9.59 Å². The predicted molar refractivity (Wildman–Crippen MR) is 77.3 cm³/mol. The average molecular weight is 273 g/mol. The number of benzene rings is 1. The molecule has 0 saturated carbocycles. The molecule has 20 heavy (non-hydrogen) atoms. The number of hydrogen-bond donors (Lipinski definition) is 2. The van der Waals surface area contributed by atoms with E-state index in [4.69, 9.17) is 0 Å². The third kappa shape index (κ3) is 2.57. The number of urea groups is 1. The Morgan fingerprint density at radius 3 is 2.30 bits per heavy atom. The van der Waals surface area contributed by atoms with Crippen LogP contribution in [-0.4, -0.2) is 17.8 Å². The van der Waals surface area contributed by atoms with Crippen molar-refractivity contribution in [2.24, 2.45) is 10.4 Å². The predicted octanol–water partition coefficient (Wildman–Crippen LogP) is 2.23. The molecule has 0 unspecified atom stereocenters. The van der Waals surface area contributed by atoms with E-state index in [0.29, 0.717) is 25.2 Å². The zero-order chi connectivity index (χ0) is 14.6. The lowest BCUT2D eigenvalue weighted by Crippen LogP contribution is -2.62. The van der Waals surface area contributed by atoms with Crippen molar-refractivity contribution in [3.05, 3.63) is 35.9 Å². The van der Waals surface area contributed by atoms with Gasteiger partial charge in [-0.15, -0.1) is 0 Å². The lowest BCUT2D eigenvalue weighted by molar-refractivity contribution is -0.127. The Bertz CT molecular complexity index is 533. The molecule has 0 spiro atoms. The molecule has 0 bridgehead atoms. The molecule has 1 saturated heterocycles. The van der Waals surface area contributed by atoms with Gasteiger partial charge in [-0.3, -0.25) is 20.4 Å². The van der Waals surface area contributed by atoms with E-state index in [0.717, 1.165) is 5.56 Å². The van der Waals surface area contributed by atoms with Crippen LogP contribution in [0.1, 0.15) is 32.3 Å². The van der Waals surface area contributed by atoms with Crippen LogP contribution in [0.2, 0.25) is 0 Å². The van der Waals surface area contributed by atoms with Crippen LogP contribution in [0, 0.1) is 5.41 Å². The van der Waals surface area contributed by atoms with Gasteiger partial charge in [0.05, 0.1) is 6.54 Å². The molecule has 1 aliphatic rings. The summed E-state index contributed by atoms with van der Waals surface area (Å²) < 4.78 is 0. The minimum absolute atomic E-state index is 0.266. The van der Waals surface area contributed by atoms with E-state index >= 15 is 0 Å². The van der Waals surface area contributed by atoms with E-state index in [1.165, 1.54) is 0 Å². The lowest BCUT2D eigenvalue weighted by atomic mass is 9.78. The Morgan fingerprint density at radius 2 is 1.70 bits per heavy atom. The van der Waals surface area contributed by atoms with Crippen molar-refractivity contribution in [2.45, 2.75) is 33.2 Å². The Kier molecular flexibility index (Phi) is 4.17. The Balaban J connectivity index is 2.29. The molecular formula is C15H19N3O2. The number of nitrogens with zero attached hydrogens (tertiary/aromatic N) is 1. The number of nitrogens with one attached hydrogen (secondary N) is 2. The zero-order valence-electron chi connectivity index (χ0n) is 11.8. The van der Waals surface area contributed by atoms with Gasteiger partial charge in [-0.2, -0.15) is 0 Å². The number of aliphatic imine (C=N–C) groups is 1. The van der Waals surface area contributed by atoms with E-state index in [1.54, 1.807) is 0 Å². The first kappa shape index (κ1) is 14.2. The molecule has 2 rings (SSSR count). The maximum Gasteiger partial charge on any atom is 0.326 e. The number of amides is 3. The number of carbonyl (C=O) groups is 2. The van der Waals surface area contributed by atoms with Crippen molar-refractivity contribution >= 4 is 17.8 Å². The molecular weight excluding hydrogens is 254 g/mol. The highest BCUT2D eigenvalue weighted by atomic mass is 16.2. The molecule has 1 fully saturated rings. The highest BCUT2D eigenvalue weighted by Gasteiger charge is 2.45. The summed E-state index contributed by atoms with van der Waals surface area (Å²) in [5, 5.41) is 5.02. The summed E-state index contributed by atoms with van der Waals surface area (Å²) in [7, 11) is 0. The largest absolute Gasteiger partial charge is 0.326 e. The summed E-state index contributed by atoms with van der Waals surface area (Å²) in [5.41, 5.74) is 0.309. The van der Waals surface area contributed by atoms with Crippen LogP contribution >= 0.6 is 0 Å². The molecule has 0 aromatic heterocycles. The quantitative estimate of drug-likeness (QED) is 0.883. The van der Waals surface area contributed by atoms with E-state index < -0.39 is 11.4 Å². The molecule has 0 radical (unpaired) electrons. The zero-order valence-corrected chi connectivity index (χ0v) is 11.8. The van der Waals surface area contributed by atoms with E-state index in [-0.39, 0.29) is 5.91 Å². The first-order valence-corrected chi connectivity index (χ1v) is 6.83. The topological polar surface area (TPSA) is 70.6 Å². The van der Waals surface area contributed by atoms with Crippen LogP contribution in [0.5, 0.6) is 0 Å². The molecule has 1 aliphatic heterocycles. The Hall–Kier alpha value is -2.17. The number of rotatable bonds is 4. The van der Waals surface area contributed by atoms with Crippen molar-refractivity contribution in [3.63, 3.8) is 0 Å². The van der Waals surface area contributed by atoms with Crippen LogP contribution in [0.3, 0.4) is 0 Å². The molecule has 5 nitrogen and oxygen atoms in total. The lowest BCUT2D eigenvalue weighted by Gasteiger charge is -2.35. The first-order chi connectivity index (χ1) is 9.62. The fraction of sp³-hybridized carbons (Fsp3) is 0.400. The Morgan fingerprint density at radius 1 is 1.05 bits per heavy atom. The smallest absolute Gasteiger partial charge is 0.295 e. The molecule has 1 aromatic carbocycles. The third-order valence-electron chi connectivity index (χ3n) is 3.82. The van der Waals surface area contributed by atoms with Gasteiger partial charge in [0.15, 0.2) is 0 Å². The summed E-state index contributed by atoms with van der Waals surface area (Å²) in [6, 6.07) is 9.25. The average Bonchev–Trinajstić information content (AvgIpc) is 2.46. The fourth-order valence-corrected chi connectivity index (χ4v) is 2.44. The van der Waals surface area contributed by atoms with Gasteiger partial charge in [0.1, 0.15) is 11.3 Å².